The average Bonchev–Trinajstić information content (AvgIpc) is 2.05. The van der Waals surface area contributed by atoms with Gasteiger partial charge in [-0.1, -0.05) is 17.3 Å². The van der Waals surface area contributed by atoms with E-state index in [1.54, 1.807) is 18.5 Å². The van der Waals surface area contributed by atoms with E-state index < -0.39 is 5.69 Å². The Kier molecular flexibility index (Phi) is 3.42. The summed E-state index contributed by atoms with van der Waals surface area (Å²) < 4.78 is 10.5. The molecular weight excluding hydrogens is 199 g/mol. The molecule has 0 radical (unpaired) electrons. The maximum Gasteiger partial charge on any atom is 0.248 e. The third-order valence-corrected chi connectivity index (χ3v) is 6.85. The van der Waals surface area contributed by atoms with E-state index in [1.807, 2.05) is 0 Å². The van der Waals surface area contributed by atoms with Crippen molar-refractivity contribution in [3.8, 4) is 12.3 Å². The summed E-state index contributed by atoms with van der Waals surface area (Å²) in [5.41, 5.74) is -2.06. The Morgan fingerprint density at radius 1 is 1.91 bits per heavy atom. The molecule has 0 aliphatic carbocycles. The van der Waals surface area contributed by atoms with E-state index in [2.05, 4.69) is 5.92 Å². The van der Waals surface area contributed by atoms with Crippen LogP contribution in [-0.2, 0) is 20.9 Å². The molecule has 2 nitrogen and oxygen atoms in total. The molecule has 2 unspecified atom stereocenters. The van der Waals surface area contributed by atoms with E-state index in [0.717, 1.165) is 12.2 Å². The van der Waals surface area contributed by atoms with E-state index in [1.165, 1.54) is 0 Å². The van der Waals surface area contributed by atoms with Crippen molar-refractivity contribution in [3.63, 3.8) is 0 Å². The summed E-state index contributed by atoms with van der Waals surface area (Å²) in [5.74, 6) is 3.48. The Balaban J connectivity index is 2.61. The minimum atomic E-state index is -2.06. The first kappa shape index (κ1) is 9.57. The quantitative estimate of drug-likeness (QED) is 0.484. The van der Waals surface area contributed by atoms with E-state index in [9.17, 15) is 0 Å². The summed E-state index contributed by atoms with van der Waals surface area (Å²) in [6.07, 6.45) is 5.95. The van der Waals surface area contributed by atoms with Crippen LogP contribution in [0.25, 0.3) is 0 Å². The zero-order chi connectivity index (χ0) is 8.32. The zero-order valence-electron chi connectivity index (χ0n) is 6.15. The average molecular weight is 208 g/mol. The number of terminal acetylenes is 1. The van der Waals surface area contributed by atoms with Gasteiger partial charge in [-0.2, -0.15) is 0 Å². The van der Waals surface area contributed by atoms with Gasteiger partial charge < -0.3 is 9.05 Å². The molecule has 0 aromatic rings. The van der Waals surface area contributed by atoms with Crippen LogP contribution >= 0.6 is 17.1 Å². The summed E-state index contributed by atoms with van der Waals surface area (Å²) in [5, 5.41) is 0. The van der Waals surface area contributed by atoms with Crippen molar-refractivity contribution in [3.05, 3.63) is 0 Å². The smallest absolute Gasteiger partial charge is 0.248 e. The van der Waals surface area contributed by atoms with Gasteiger partial charge in [0.05, 0.1) is 0 Å². The predicted octanol–water partition coefficient (Wildman–Crippen LogP) is 2.01. The third kappa shape index (κ3) is 2.47. The van der Waals surface area contributed by atoms with E-state index in [0.29, 0.717) is 0 Å². The molecule has 0 amide bonds. The molecule has 0 aromatic carbocycles. The lowest BCUT2D eigenvalue weighted by Crippen LogP contribution is -2.13. The van der Waals surface area contributed by atoms with Crippen molar-refractivity contribution in [2.24, 2.45) is 0 Å². The second-order valence-corrected chi connectivity index (χ2v) is 8.50. The highest BCUT2D eigenvalue weighted by molar-refractivity contribution is 8.67. The minimum Gasteiger partial charge on any atom is -0.325 e. The first-order valence-electron chi connectivity index (χ1n) is 3.15. The molecule has 2 atom stereocenters. The Labute approximate surface area is 75.9 Å². The van der Waals surface area contributed by atoms with Gasteiger partial charge in [0.25, 0.3) is 0 Å². The van der Waals surface area contributed by atoms with Crippen molar-refractivity contribution in [2.45, 2.75) is 12.5 Å². The van der Waals surface area contributed by atoms with Crippen LogP contribution in [0.15, 0.2) is 0 Å². The fourth-order valence-electron chi connectivity index (χ4n) is 0.720. The van der Waals surface area contributed by atoms with Crippen LogP contribution in [-0.4, -0.2) is 19.0 Å². The van der Waals surface area contributed by atoms with Gasteiger partial charge in [0.15, 0.2) is 0 Å². The normalized spacial score (nSPS) is 38.0. The lowest BCUT2D eigenvalue weighted by atomic mass is 10.3. The second kappa shape index (κ2) is 3.93. The molecule has 0 spiro atoms. The fourth-order valence-corrected chi connectivity index (χ4v) is 4.77. The molecular formula is C6H9O2PS2. The molecule has 5 heteroatoms. The van der Waals surface area contributed by atoms with Crippen LogP contribution in [0.4, 0.5) is 0 Å². The number of hydrogen-bond donors (Lipinski definition) is 0. The Bertz CT molecular complexity index is 223. The summed E-state index contributed by atoms with van der Waals surface area (Å²) in [7, 11) is 1.58. The van der Waals surface area contributed by atoms with Gasteiger partial charge in [0, 0.05) is 12.9 Å². The summed E-state index contributed by atoms with van der Waals surface area (Å²) in [4.78, 5) is 0. The molecule has 62 valence electrons. The molecule has 0 N–H and O–H groups in total. The van der Waals surface area contributed by atoms with Crippen LogP contribution in [0.1, 0.15) is 6.42 Å². The standard InChI is InChI=1S/C6H9O2PS2/c1-3-6-4-5-11-9(10,7-2)8-6/h1,6H,4-5H2,2H3. The van der Waals surface area contributed by atoms with E-state index in [4.69, 9.17) is 27.3 Å². The van der Waals surface area contributed by atoms with Crippen LogP contribution in [0.3, 0.4) is 0 Å². The van der Waals surface area contributed by atoms with Gasteiger partial charge >= 0.3 is 0 Å². The van der Waals surface area contributed by atoms with Crippen LogP contribution in [0.2, 0.25) is 0 Å². The van der Waals surface area contributed by atoms with E-state index in [-0.39, 0.29) is 6.10 Å². The van der Waals surface area contributed by atoms with Crippen molar-refractivity contribution in [1.29, 1.82) is 0 Å². The molecule has 1 saturated heterocycles. The highest BCUT2D eigenvalue weighted by Gasteiger charge is 2.27. The highest BCUT2D eigenvalue weighted by atomic mass is 32.9. The maximum atomic E-state index is 5.40. The van der Waals surface area contributed by atoms with Crippen molar-refractivity contribution in [2.75, 3.05) is 12.9 Å². The lowest BCUT2D eigenvalue weighted by molar-refractivity contribution is 0.241. The van der Waals surface area contributed by atoms with Crippen molar-refractivity contribution < 1.29 is 9.05 Å². The Hall–Kier alpha value is 0.480. The Morgan fingerprint density at radius 2 is 2.64 bits per heavy atom. The van der Waals surface area contributed by atoms with Crippen LogP contribution in [0.5, 0.6) is 0 Å². The zero-order valence-corrected chi connectivity index (χ0v) is 8.68. The summed E-state index contributed by atoms with van der Waals surface area (Å²) in [6.45, 7) is 0. The fraction of sp³-hybridized carbons (Fsp3) is 0.667. The van der Waals surface area contributed by atoms with E-state index >= 15 is 0 Å². The SMILES string of the molecule is C#CC1CCSP(=S)(OC)O1. The third-order valence-electron chi connectivity index (χ3n) is 1.30. The molecule has 0 bridgehead atoms. The molecule has 0 saturated carbocycles. The largest absolute Gasteiger partial charge is 0.325 e. The summed E-state index contributed by atoms with van der Waals surface area (Å²) >= 11 is 6.70. The molecule has 1 aliphatic rings. The van der Waals surface area contributed by atoms with Gasteiger partial charge in [0.2, 0.25) is 5.69 Å². The van der Waals surface area contributed by atoms with Crippen LogP contribution < -0.4 is 0 Å². The second-order valence-electron chi connectivity index (χ2n) is 2.01. The molecule has 0 aromatic heterocycles. The summed E-state index contributed by atoms with van der Waals surface area (Å²) in [6, 6.07) is 0. The monoisotopic (exact) mass is 208 g/mol. The van der Waals surface area contributed by atoms with Crippen molar-refractivity contribution >= 4 is 28.9 Å². The first-order chi connectivity index (χ1) is 5.20. The molecule has 1 fully saturated rings. The minimum absolute atomic E-state index is 0.137. The van der Waals surface area contributed by atoms with Gasteiger partial charge in [0.1, 0.15) is 6.10 Å². The Morgan fingerprint density at radius 3 is 3.18 bits per heavy atom. The van der Waals surface area contributed by atoms with Crippen LogP contribution in [0, 0.1) is 12.3 Å². The lowest BCUT2D eigenvalue weighted by Gasteiger charge is -2.27. The van der Waals surface area contributed by atoms with Gasteiger partial charge in [-0.25, -0.2) is 0 Å². The predicted molar refractivity (Wildman–Crippen MR) is 52.1 cm³/mol. The molecule has 1 heterocycles. The maximum absolute atomic E-state index is 5.40. The number of hydrogen-bond acceptors (Lipinski definition) is 4. The van der Waals surface area contributed by atoms with Gasteiger partial charge in [-0.15, -0.1) is 6.42 Å². The molecule has 1 aliphatic heterocycles. The van der Waals surface area contributed by atoms with Crippen molar-refractivity contribution in [1.82, 2.24) is 0 Å². The number of rotatable bonds is 1. The van der Waals surface area contributed by atoms with Gasteiger partial charge in [-0.3, -0.25) is 0 Å². The first-order valence-corrected chi connectivity index (χ1v) is 7.38. The molecule has 11 heavy (non-hydrogen) atoms. The van der Waals surface area contributed by atoms with Gasteiger partial charge in [-0.05, 0) is 18.2 Å². The molecule has 1 rings (SSSR count). The topological polar surface area (TPSA) is 18.5 Å². The highest BCUT2D eigenvalue weighted by Crippen LogP contribution is 2.63.